The molecule has 0 saturated carbocycles. The Morgan fingerprint density at radius 3 is 2.77 bits per heavy atom. The summed E-state index contributed by atoms with van der Waals surface area (Å²) in [5, 5.41) is 6.59. The van der Waals surface area contributed by atoms with Crippen LogP contribution in [0.15, 0.2) is 53.3 Å². The predicted molar refractivity (Wildman–Crippen MR) is 79.9 cm³/mol. The van der Waals surface area contributed by atoms with E-state index in [-0.39, 0.29) is 12.5 Å². The van der Waals surface area contributed by atoms with Crippen molar-refractivity contribution in [3.63, 3.8) is 0 Å². The number of rotatable bonds is 4. The minimum absolute atomic E-state index is 0.198. The number of hydrogen-bond acceptors (Lipinski definition) is 5. The summed E-state index contributed by atoms with van der Waals surface area (Å²) in [6, 6.07) is 11.2. The van der Waals surface area contributed by atoms with Gasteiger partial charge in [0.2, 0.25) is 0 Å². The Kier molecular flexibility index (Phi) is 3.91. The van der Waals surface area contributed by atoms with Gasteiger partial charge < -0.3 is 9.84 Å². The maximum atomic E-state index is 11.9. The van der Waals surface area contributed by atoms with Crippen LogP contribution < -0.4 is 5.32 Å². The highest BCUT2D eigenvalue weighted by molar-refractivity contribution is 5.93. The van der Waals surface area contributed by atoms with Crippen LogP contribution in [0.3, 0.4) is 0 Å². The van der Waals surface area contributed by atoms with Gasteiger partial charge in [0, 0.05) is 18.0 Å². The SMILES string of the molecule is Cc1ccc(-c2nc(CNC(=O)c3cccnc3)no2)cc1. The van der Waals surface area contributed by atoms with Crippen molar-refractivity contribution in [3.05, 3.63) is 65.7 Å². The first-order valence-corrected chi connectivity index (χ1v) is 6.80. The van der Waals surface area contributed by atoms with Crippen LogP contribution in [0.4, 0.5) is 0 Å². The average Bonchev–Trinajstić information content (AvgIpc) is 3.03. The Morgan fingerprint density at radius 1 is 1.23 bits per heavy atom. The second-order valence-electron chi connectivity index (χ2n) is 4.81. The smallest absolute Gasteiger partial charge is 0.257 e. The van der Waals surface area contributed by atoms with Gasteiger partial charge in [-0.25, -0.2) is 0 Å². The van der Waals surface area contributed by atoms with Crippen molar-refractivity contribution in [1.29, 1.82) is 0 Å². The maximum Gasteiger partial charge on any atom is 0.257 e. The zero-order valence-corrected chi connectivity index (χ0v) is 12.0. The van der Waals surface area contributed by atoms with E-state index in [2.05, 4.69) is 20.4 Å². The van der Waals surface area contributed by atoms with E-state index in [0.29, 0.717) is 17.3 Å². The molecule has 22 heavy (non-hydrogen) atoms. The van der Waals surface area contributed by atoms with Gasteiger partial charge in [-0.1, -0.05) is 22.9 Å². The summed E-state index contributed by atoms with van der Waals surface area (Å²) in [6.07, 6.45) is 3.12. The number of pyridine rings is 1. The molecule has 0 aliphatic carbocycles. The number of carbonyl (C=O) groups is 1. The Labute approximate surface area is 127 Å². The van der Waals surface area contributed by atoms with Crippen molar-refractivity contribution in [2.45, 2.75) is 13.5 Å². The largest absolute Gasteiger partial charge is 0.345 e. The van der Waals surface area contributed by atoms with E-state index in [1.54, 1.807) is 18.3 Å². The Hall–Kier alpha value is -3.02. The molecular formula is C16H14N4O2. The molecule has 6 heteroatoms. The third-order valence-electron chi connectivity index (χ3n) is 3.10. The van der Waals surface area contributed by atoms with Gasteiger partial charge in [-0.2, -0.15) is 4.98 Å². The second kappa shape index (κ2) is 6.17. The minimum Gasteiger partial charge on any atom is -0.345 e. The van der Waals surface area contributed by atoms with E-state index in [1.807, 2.05) is 31.2 Å². The van der Waals surface area contributed by atoms with E-state index in [9.17, 15) is 4.79 Å². The fourth-order valence-corrected chi connectivity index (χ4v) is 1.90. The van der Waals surface area contributed by atoms with Crippen LogP contribution in [-0.4, -0.2) is 21.0 Å². The van der Waals surface area contributed by atoms with Gasteiger partial charge in [-0.3, -0.25) is 9.78 Å². The van der Waals surface area contributed by atoms with Gasteiger partial charge in [0.25, 0.3) is 11.8 Å². The monoisotopic (exact) mass is 294 g/mol. The van der Waals surface area contributed by atoms with Crippen LogP contribution in [0.1, 0.15) is 21.7 Å². The molecule has 0 saturated heterocycles. The number of aromatic nitrogens is 3. The molecule has 3 aromatic rings. The van der Waals surface area contributed by atoms with E-state index in [0.717, 1.165) is 11.1 Å². The third kappa shape index (κ3) is 3.17. The fraction of sp³-hybridized carbons (Fsp3) is 0.125. The van der Waals surface area contributed by atoms with Crippen LogP contribution in [0.5, 0.6) is 0 Å². The highest BCUT2D eigenvalue weighted by atomic mass is 16.5. The zero-order chi connectivity index (χ0) is 15.4. The number of nitrogens with zero attached hydrogens (tertiary/aromatic N) is 3. The molecule has 0 fully saturated rings. The summed E-state index contributed by atoms with van der Waals surface area (Å²) in [5.41, 5.74) is 2.50. The topological polar surface area (TPSA) is 80.9 Å². The molecular weight excluding hydrogens is 280 g/mol. The van der Waals surface area contributed by atoms with Crippen molar-refractivity contribution >= 4 is 5.91 Å². The molecule has 0 unspecified atom stereocenters. The second-order valence-corrected chi connectivity index (χ2v) is 4.81. The highest BCUT2D eigenvalue weighted by Crippen LogP contribution is 2.17. The lowest BCUT2D eigenvalue weighted by Crippen LogP contribution is -2.23. The average molecular weight is 294 g/mol. The van der Waals surface area contributed by atoms with Crippen LogP contribution in [0, 0.1) is 6.92 Å². The molecule has 0 bridgehead atoms. The Morgan fingerprint density at radius 2 is 2.05 bits per heavy atom. The van der Waals surface area contributed by atoms with Crippen molar-refractivity contribution < 1.29 is 9.32 Å². The molecule has 0 atom stereocenters. The number of carbonyl (C=O) groups excluding carboxylic acids is 1. The van der Waals surface area contributed by atoms with Crippen LogP contribution >= 0.6 is 0 Å². The van der Waals surface area contributed by atoms with Gasteiger partial charge in [-0.15, -0.1) is 0 Å². The molecule has 1 N–H and O–H groups in total. The maximum absolute atomic E-state index is 11.9. The van der Waals surface area contributed by atoms with E-state index < -0.39 is 0 Å². The molecule has 2 heterocycles. The van der Waals surface area contributed by atoms with Crippen molar-refractivity contribution in [2.75, 3.05) is 0 Å². The summed E-state index contributed by atoms with van der Waals surface area (Å²) in [7, 11) is 0. The molecule has 1 aromatic carbocycles. The van der Waals surface area contributed by atoms with Gasteiger partial charge in [-0.05, 0) is 31.2 Å². The Bertz CT molecular complexity index is 766. The van der Waals surface area contributed by atoms with Gasteiger partial charge in [0.05, 0.1) is 12.1 Å². The summed E-state index contributed by atoms with van der Waals surface area (Å²) in [4.78, 5) is 20.1. The molecule has 0 aliphatic heterocycles. The minimum atomic E-state index is -0.227. The Balaban J connectivity index is 1.65. The molecule has 0 aliphatic rings. The number of nitrogens with one attached hydrogen (secondary N) is 1. The number of aryl methyl sites for hydroxylation is 1. The van der Waals surface area contributed by atoms with Crippen molar-refractivity contribution in [3.8, 4) is 11.5 Å². The van der Waals surface area contributed by atoms with E-state index in [1.165, 1.54) is 6.20 Å². The molecule has 110 valence electrons. The third-order valence-corrected chi connectivity index (χ3v) is 3.10. The summed E-state index contributed by atoms with van der Waals surface area (Å²) < 4.78 is 5.20. The number of hydrogen-bond donors (Lipinski definition) is 1. The van der Waals surface area contributed by atoms with Crippen LogP contribution in [-0.2, 0) is 6.54 Å². The molecule has 2 aromatic heterocycles. The number of benzene rings is 1. The lowest BCUT2D eigenvalue weighted by atomic mass is 10.1. The predicted octanol–water partition coefficient (Wildman–Crippen LogP) is 2.37. The quantitative estimate of drug-likeness (QED) is 0.799. The molecule has 1 amide bonds. The van der Waals surface area contributed by atoms with E-state index >= 15 is 0 Å². The fourth-order valence-electron chi connectivity index (χ4n) is 1.90. The van der Waals surface area contributed by atoms with Crippen molar-refractivity contribution in [2.24, 2.45) is 0 Å². The molecule has 0 spiro atoms. The summed E-state index contributed by atoms with van der Waals surface area (Å²) >= 11 is 0. The van der Waals surface area contributed by atoms with Gasteiger partial charge >= 0.3 is 0 Å². The zero-order valence-electron chi connectivity index (χ0n) is 12.0. The first-order chi connectivity index (χ1) is 10.7. The first-order valence-electron chi connectivity index (χ1n) is 6.80. The summed E-state index contributed by atoms with van der Waals surface area (Å²) in [6.45, 7) is 2.21. The van der Waals surface area contributed by atoms with Gasteiger partial charge in [0.15, 0.2) is 5.82 Å². The first kappa shape index (κ1) is 13.9. The van der Waals surface area contributed by atoms with Crippen LogP contribution in [0.2, 0.25) is 0 Å². The van der Waals surface area contributed by atoms with Crippen molar-refractivity contribution in [1.82, 2.24) is 20.4 Å². The molecule has 0 radical (unpaired) electrons. The molecule has 3 rings (SSSR count). The summed E-state index contributed by atoms with van der Waals surface area (Å²) in [5.74, 6) is 0.633. The van der Waals surface area contributed by atoms with Crippen LogP contribution in [0.25, 0.3) is 11.5 Å². The van der Waals surface area contributed by atoms with E-state index in [4.69, 9.17) is 4.52 Å². The molecule has 6 nitrogen and oxygen atoms in total. The lowest BCUT2D eigenvalue weighted by Gasteiger charge is -2.00. The number of amides is 1. The van der Waals surface area contributed by atoms with Gasteiger partial charge in [0.1, 0.15) is 0 Å². The normalized spacial score (nSPS) is 10.4. The highest BCUT2D eigenvalue weighted by Gasteiger charge is 2.10. The lowest BCUT2D eigenvalue weighted by molar-refractivity contribution is 0.0949. The standard InChI is InChI=1S/C16H14N4O2/c1-11-4-6-12(7-5-11)16-19-14(20-22-16)10-18-15(21)13-3-2-8-17-9-13/h2-9H,10H2,1H3,(H,18,21).